The topological polar surface area (TPSA) is 74.3 Å². The Morgan fingerprint density at radius 1 is 0.750 bits per heavy atom. The van der Waals surface area contributed by atoms with Crippen molar-refractivity contribution in [1.82, 2.24) is 4.31 Å². The van der Waals surface area contributed by atoms with Gasteiger partial charge in [0, 0.05) is 13.1 Å². The van der Waals surface area contributed by atoms with Crippen molar-refractivity contribution in [2.24, 2.45) is 0 Å². The first-order valence-corrected chi connectivity index (χ1v) is 15.8. The summed E-state index contributed by atoms with van der Waals surface area (Å²) in [4.78, 5) is 0.277. The van der Waals surface area contributed by atoms with Gasteiger partial charge in [0.15, 0.2) is 0 Å². The zero-order valence-corrected chi connectivity index (χ0v) is 23.4. The standard InChI is InChI=1S/C27H40NO6PS/c1-23-9-11-27(12-10-23)36(29,30)28-13-15-31-17-19-33-24(2)21-35(26-7-5-4-6-8-26)22-25(3)34-20-18-32-16-14-28/h4-12,24-25H,13-22H2,1-3H3/t24-,25-/m0/s1. The Labute approximate surface area is 217 Å². The molecule has 3 rings (SSSR count). The minimum atomic E-state index is -3.64. The van der Waals surface area contributed by atoms with Crippen LogP contribution in [0.25, 0.3) is 0 Å². The Morgan fingerprint density at radius 3 is 1.81 bits per heavy atom. The van der Waals surface area contributed by atoms with Gasteiger partial charge in [-0.25, -0.2) is 8.42 Å². The van der Waals surface area contributed by atoms with Gasteiger partial charge in [-0.2, -0.15) is 4.31 Å². The normalized spacial score (nSPS) is 23.5. The van der Waals surface area contributed by atoms with Gasteiger partial charge in [0.2, 0.25) is 10.0 Å². The molecule has 2 aromatic rings. The molecule has 200 valence electrons. The highest BCUT2D eigenvalue weighted by Crippen LogP contribution is 2.37. The van der Waals surface area contributed by atoms with E-state index in [1.807, 2.05) is 25.1 Å². The van der Waals surface area contributed by atoms with Crippen molar-refractivity contribution in [3.63, 3.8) is 0 Å². The van der Waals surface area contributed by atoms with E-state index in [1.165, 1.54) is 9.61 Å². The van der Waals surface area contributed by atoms with E-state index in [0.717, 1.165) is 17.9 Å². The first-order valence-electron chi connectivity index (χ1n) is 12.6. The number of nitrogens with zero attached hydrogens (tertiary/aromatic N) is 1. The molecule has 36 heavy (non-hydrogen) atoms. The molecule has 0 saturated carbocycles. The van der Waals surface area contributed by atoms with E-state index < -0.39 is 17.9 Å². The highest BCUT2D eigenvalue weighted by atomic mass is 32.2. The van der Waals surface area contributed by atoms with Crippen LogP contribution in [0.2, 0.25) is 0 Å². The van der Waals surface area contributed by atoms with Crippen molar-refractivity contribution in [1.29, 1.82) is 0 Å². The van der Waals surface area contributed by atoms with Gasteiger partial charge in [-0.15, -0.1) is 0 Å². The van der Waals surface area contributed by atoms with Crippen molar-refractivity contribution >= 4 is 23.2 Å². The first-order chi connectivity index (χ1) is 17.4. The summed E-state index contributed by atoms with van der Waals surface area (Å²) in [6, 6.07) is 17.5. The van der Waals surface area contributed by atoms with Crippen molar-refractivity contribution < 1.29 is 27.4 Å². The van der Waals surface area contributed by atoms with E-state index in [-0.39, 0.29) is 30.2 Å². The maximum absolute atomic E-state index is 13.2. The molecule has 1 fully saturated rings. The molecule has 1 aliphatic heterocycles. The molecule has 0 spiro atoms. The second kappa shape index (κ2) is 15.1. The van der Waals surface area contributed by atoms with Gasteiger partial charge >= 0.3 is 0 Å². The van der Waals surface area contributed by atoms with E-state index >= 15 is 0 Å². The minimum absolute atomic E-state index is 0.0905. The summed E-state index contributed by atoms with van der Waals surface area (Å²) in [7, 11) is -4.07. The second-order valence-electron chi connectivity index (χ2n) is 9.05. The summed E-state index contributed by atoms with van der Waals surface area (Å²) in [6.07, 6.45) is 2.08. The predicted octanol–water partition coefficient (Wildman–Crippen LogP) is 3.65. The van der Waals surface area contributed by atoms with E-state index in [4.69, 9.17) is 18.9 Å². The third kappa shape index (κ3) is 9.49. The van der Waals surface area contributed by atoms with Crippen LogP contribution in [0.15, 0.2) is 59.5 Å². The predicted molar refractivity (Wildman–Crippen MR) is 145 cm³/mol. The Balaban J connectivity index is 1.62. The monoisotopic (exact) mass is 537 g/mol. The molecule has 2 aromatic carbocycles. The Bertz CT molecular complexity index is 965. The summed E-state index contributed by atoms with van der Waals surface area (Å²) in [5.41, 5.74) is 1.01. The third-order valence-corrected chi connectivity index (χ3v) is 10.8. The molecule has 1 heterocycles. The number of ether oxygens (including phenoxy) is 4. The average Bonchev–Trinajstić information content (AvgIpc) is 2.86. The van der Waals surface area contributed by atoms with Crippen LogP contribution < -0.4 is 5.30 Å². The van der Waals surface area contributed by atoms with Gasteiger partial charge in [0.1, 0.15) is 0 Å². The lowest BCUT2D eigenvalue weighted by Crippen LogP contribution is -2.37. The maximum atomic E-state index is 13.2. The van der Waals surface area contributed by atoms with Crippen LogP contribution in [0.1, 0.15) is 19.4 Å². The summed E-state index contributed by atoms with van der Waals surface area (Å²) in [5.74, 6) is 0. The molecule has 0 radical (unpaired) electrons. The van der Waals surface area contributed by atoms with Crippen LogP contribution in [-0.2, 0) is 29.0 Å². The SMILES string of the molecule is Cc1ccc(S(=O)(=O)N2CCOCCO[C@@H](C)CP(c3ccccc3)C[C@H](C)OCCOCC2)cc1. The number of aryl methyl sites for hydroxylation is 1. The number of hydrogen-bond donors (Lipinski definition) is 0. The third-order valence-electron chi connectivity index (χ3n) is 5.97. The van der Waals surface area contributed by atoms with Crippen molar-refractivity contribution in [3.8, 4) is 0 Å². The van der Waals surface area contributed by atoms with E-state index in [2.05, 4.69) is 38.1 Å². The molecule has 0 unspecified atom stereocenters. The van der Waals surface area contributed by atoms with Crippen LogP contribution in [0.3, 0.4) is 0 Å². The van der Waals surface area contributed by atoms with Crippen molar-refractivity contribution in [3.05, 3.63) is 60.2 Å². The van der Waals surface area contributed by atoms with Gasteiger partial charge in [-0.3, -0.25) is 0 Å². The molecule has 1 saturated heterocycles. The lowest BCUT2D eigenvalue weighted by Gasteiger charge is -2.26. The Morgan fingerprint density at radius 2 is 1.28 bits per heavy atom. The van der Waals surface area contributed by atoms with Crippen LogP contribution >= 0.6 is 7.92 Å². The molecule has 0 aliphatic carbocycles. The summed E-state index contributed by atoms with van der Waals surface area (Å²) in [6.45, 7) is 9.01. The van der Waals surface area contributed by atoms with E-state index in [9.17, 15) is 8.42 Å². The molecule has 9 heteroatoms. The largest absolute Gasteiger partial charge is 0.378 e. The van der Waals surface area contributed by atoms with Crippen LogP contribution in [0.5, 0.6) is 0 Å². The molecule has 0 amide bonds. The number of sulfonamides is 1. The second-order valence-corrected chi connectivity index (χ2v) is 13.3. The zero-order valence-electron chi connectivity index (χ0n) is 21.7. The highest BCUT2D eigenvalue weighted by Gasteiger charge is 2.24. The fraction of sp³-hybridized carbons (Fsp3) is 0.556. The molecule has 0 N–H and O–H groups in total. The van der Waals surface area contributed by atoms with E-state index in [1.54, 1.807) is 12.1 Å². The summed E-state index contributed by atoms with van der Waals surface area (Å²) >= 11 is 0. The molecular formula is C27H40NO6PS. The van der Waals surface area contributed by atoms with Crippen LogP contribution in [0.4, 0.5) is 0 Å². The van der Waals surface area contributed by atoms with Gasteiger partial charge in [-0.05, 0) is 50.5 Å². The van der Waals surface area contributed by atoms with Crippen molar-refractivity contribution in [2.75, 3.05) is 65.1 Å². The zero-order chi connectivity index (χ0) is 25.8. The highest BCUT2D eigenvalue weighted by molar-refractivity contribution is 7.89. The Hall–Kier alpha value is -1.38. The number of hydrogen-bond acceptors (Lipinski definition) is 6. The smallest absolute Gasteiger partial charge is 0.243 e. The average molecular weight is 538 g/mol. The summed E-state index contributed by atoms with van der Waals surface area (Å²) in [5, 5.41) is 1.36. The van der Waals surface area contributed by atoms with Gasteiger partial charge < -0.3 is 18.9 Å². The van der Waals surface area contributed by atoms with Gasteiger partial charge in [0.25, 0.3) is 0 Å². The number of benzene rings is 2. The van der Waals surface area contributed by atoms with Crippen molar-refractivity contribution in [2.45, 2.75) is 37.9 Å². The first kappa shape index (κ1) is 29.2. The lowest BCUT2D eigenvalue weighted by molar-refractivity contribution is 0.0100. The van der Waals surface area contributed by atoms with Crippen LogP contribution in [0, 0.1) is 6.92 Å². The molecule has 2 atom stereocenters. The van der Waals surface area contributed by atoms with Crippen LogP contribution in [-0.4, -0.2) is 90.0 Å². The number of rotatable bonds is 3. The Kier molecular flexibility index (Phi) is 12.3. The quantitative estimate of drug-likeness (QED) is 0.557. The molecule has 7 nitrogen and oxygen atoms in total. The molecule has 0 bridgehead atoms. The lowest BCUT2D eigenvalue weighted by atomic mass is 10.2. The molecule has 1 aliphatic rings. The molecular weight excluding hydrogens is 497 g/mol. The van der Waals surface area contributed by atoms with Gasteiger partial charge in [0.05, 0.1) is 56.7 Å². The fourth-order valence-electron chi connectivity index (χ4n) is 4.02. The molecule has 0 aromatic heterocycles. The maximum Gasteiger partial charge on any atom is 0.243 e. The minimum Gasteiger partial charge on any atom is -0.378 e. The van der Waals surface area contributed by atoms with Gasteiger partial charge in [-0.1, -0.05) is 55.9 Å². The fourth-order valence-corrected chi connectivity index (χ4v) is 8.04. The van der Waals surface area contributed by atoms with E-state index in [0.29, 0.717) is 39.6 Å². The summed E-state index contributed by atoms with van der Waals surface area (Å²) < 4.78 is 51.5.